The standard InChI is InChI=1S/C15H20N2O2/c1-12(2)14(18)15(19)17-10-8-16(9-11-17)13-6-4-3-5-7-13/h3-7,12H,8-11H2,1-2H3. The first-order valence-corrected chi connectivity index (χ1v) is 6.72. The third-order valence-corrected chi connectivity index (χ3v) is 3.42. The molecule has 0 spiro atoms. The van der Waals surface area contributed by atoms with E-state index in [4.69, 9.17) is 0 Å². The molecule has 19 heavy (non-hydrogen) atoms. The van der Waals surface area contributed by atoms with E-state index in [2.05, 4.69) is 17.0 Å². The maximum absolute atomic E-state index is 11.9. The van der Waals surface area contributed by atoms with E-state index in [-0.39, 0.29) is 17.6 Å². The van der Waals surface area contributed by atoms with Crippen LogP contribution in [-0.2, 0) is 9.59 Å². The Morgan fingerprint density at radius 1 is 1.00 bits per heavy atom. The smallest absolute Gasteiger partial charge is 0.290 e. The lowest BCUT2D eigenvalue weighted by Gasteiger charge is -2.36. The summed E-state index contributed by atoms with van der Waals surface area (Å²) in [7, 11) is 0. The number of carbonyl (C=O) groups excluding carboxylic acids is 2. The van der Waals surface area contributed by atoms with Gasteiger partial charge in [-0.15, -0.1) is 0 Å². The fourth-order valence-corrected chi connectivity index (χ4v) is 2.21. The van der Waals surface area contributed by atoms with Crippen molar-refractivity contribution in [2.24, 2.45) is 5.92 Å². The second-order valence-electron chi connectivity index (χ2n) is 5.13. The van der Waals surface area contributed by atoms with E-state index in [1.807, 2.05) is 18.2 Å². The largest absolute Gasteiger partial charge is 0.368 e. The molecule has 1 aromatic carbocycles. The summed E-state index contributed by atoms with van der Waals surface area (Å²) in [6, 6.07) is 10.1. The molecular formula is C15H20N2O2. The monoisotopic (exact) mass is 260 g/mol. The number of hydrogen-bond acceptors (Lipinski definition) is 3. The van der Waals surface area contributed by atoms with Gasteiger partial charge in [0.05, 0.1) is 0 Å². The summed E-state index contributed by atoms with van der Waals surface area (Å²) in [6.45, 7) is 6.32. The van der Waals surface area contributed by atoms with Crippen LogP contribution in [0, 0.1) is 5.92 Å². The Balaban J connectivity index is 1.93. The highest BCUT2D eigenvalue weighted by atomic mass is 16.2. The Morgan fingerprint density at radius 2 is 1.58 bits per heavy atom. The number of carbonyl (C=O) groups is 2. The number of benzene rings is 1. The first kappa shape index (κ1) is 13.6. The topological polar surface area (TPSA) is 40.6 Å². The van der Waals surface area contributed by atoms with Crippen LogP contribution in [0.3, 0.4) is 0 Å². The van der Waals surface area contributed by atoms with Crippen LogP contribution >= 0.6 is 0 Å². The summed E-state index contributed by atoms with van der Waals surface area (Å²) >= 11 is 0. The molecule has 1 heterocycles. The molecule has 102 valence electrons. The highest BCUT2D eigenvalue weighted by molar-refractivity contribution is 6.36. The van der Waals surface area contributed by atoms with Gasteiger partial charge in [0, 0.05) is 37.8 Å². The predicted octanol–water partition coefficient (Wildman–Crippen LogP) is 1.56. The third kappa shape index (κ3) is 3.13. The summed E-state index contributed by atoms with van der Waals surface area (Å²) in [4.78, 5) is 27.5. The molecule has 0 aromatic heterocycles. The molecule has 4 nitrogen and oxygen atoms in total. The molecule has 1 amide bonds. The highest BCUT2D eigenvalue weighted by Gasteiger charge is 2.27. The van der Waals surface area contributed by atoms with Crippen molar-refractivity contribution < 1.29 is 9.59 Å². The zero-order valence-electron chi connectivity index (χ0n) is 11.5. The van der Waals surface area contributed by atoms with Gasteiger partial charge in [-0.2, -0.15) is 0 Å². The molecule has 0 radical (unpaired) electrons. The predicted molar refractivity (Wildman–Crippen MR) is 75.1 cm³/mol. The van der Waals surface area contributed by atoms with Crippen molar-refractivity contribution in [2.75, 3.05) is 31.1 Å². The van der Waals surface area contributed by atoms with Crippen LogP contribution in [-0.4, -0.2) is 42.8 Å². The SMILES string of the molecule is CC(C)C(=O)C(=O)N1CCN(c2ccccc2)CC1. The molecule has 0 N–H and O–H groups in total. The Bertz CT molecular complexity index is 448. The second-order valence-corrected chi connectivity index (χ2v) is 5.13. The Morgan fingerprint density at radius 3 is 2.11 bits per heavy atom. The molecule has 0 saturated carbocycles. The van der Waals surface area contributed by atoms with E-state index in [0.717, 1.165) is 13.1 Å². The number of hydrogen-bond donors (Lipinski definition) is 0. The molecule has 1 fully saturated rings. The van der Waals surface area contributed by atoms with Gasteiger partial charge in [0.25, 0.3) is 5.91 Å². The molecule has 0 aliphatic carbocycles. The molecule has 2 rings (SSSR count). The van der Waals surface area contributed by atoms with Crippen molar-refractivity contribution in [3.63, 3.8) is 0 Å². The van der Waals surface area contributed by atoms with Crippen LogP contribution in [0.1, 0.15) is 13.8 Å². The van der Waals surface area contributed by atoms with Gasteiger partial charge in [-0.3, -0.25) is 9.59 Å². The summed E-state index contributed by atoms with van der Waals surface area (Å²) in [5.41, 5.74) is 1.17. The minimum atomic E-state index is -0.331. The fraction of sp³-hybridized carbons (Fsp3) is 0.467. The lowest BCUT2D eigenvalue weighted by Crippen LogP contribution is -2.51. The van der Waals surface area contributed by atoms with Crippen LogP contribution in [0.5, 0.6) is 0 Å². The first-order valence-electron chi connectivity index (χ1n) is 6.72. The van der Waals surface area contributed by atoms with E-state index in [0.29, 0.717) is 13.1 Å². The number of amides is 1. The van der Waals surface area contributed by atoms with E-state index < -0.39 is 0 Å². The molecule has 0 bridgehead atoms. The van der Waals surface area contributed by atoms with Gasteiger partial charge in [-0.1, -0.05) is 32.0 Å². The van der Waals surface area contributed by atoms with Crippen LogP contribution in [0.15, 0.2) is 30.3 Å². The third-order valence-electron chi connectivity index (χ3n) is 3.42. The number of anilines is 1. The maximum atomic E-state index is 11.9. The quantitative estimate of drug-likeness (QED) is 0.774. The Labute approximate surface area is 114 Å². The average molecular weight is 260 g/mol. The zero-order valence-corrected chi connectivity index (χ0v) is 11.5. The van der Waals surface area contributed by atoms with Crippen molar-refractivity contribution >= 4 is 17.4 Å². The molecule has 1 saturated heterocycles. The molecule has 4 heteroatoms. The number of ketones is 1. The number of Topliss-reactive ketones (excluding diaryl/α,β-unsaturated/α-hetero) is 1. The van der Waals surface area contributed by atoms with E-state index in [9.17, 15) is 9.59 Å². The van der Waals surface area contributed by atoms with Crippen molar-refractivity contribution in [3.8, 4) is 0 Å². The average Bonchev–Trinajstić information content (AvgIpc) is 2.46. The van der Waals surface area contributed by atoms with E-state index in [1.165, 1.54) is 5.69 Å². The zero-order chi connectivity index (χ0) is 13.8. The van der Waals surface area contributed by atoms with E-state index in [1.54, 1.807) is 18.7 Å². The van der Waals surface area contributed by atoms with Gasteiger partial charge in [-0.05, 0) is 12.1 Å². The van der Waals surface area contributed by atoms with Crippen LogP contribution in [0.25, 0.3) is 0 Å². The molecule has 0 unspecified atom stereocenters. The Hall–Kier alpha value is -1.84. The summed E-state index contributed by atoms with van der Waals surface area (Å²) in [5.74, 6) is -0.837. The van der Waals surface area contributed by atoms with Crippen LogP contribution < -0.4 is 4.90 Å². The molecular weight excluding hydrogens is 240 g/mol. The fourth-order valence-electron chi connectivity index (χ4n) is 2.21. The number of nitrogens with zero attached hydrogens (tertiary/aromatic N) is 2. The molecule has 1 aliphatic heterocycles. The normalized spacial score (nSPS) is 15.7. The van der Waals surface area contributed by atoms with Gasteiger partial charge in [-0.25, -0.2) is 0 Å². The number of rotatable bonds is 3. The Kier molecular flexibility index (Phi) is 4.20. The van der Waals surface area contributed by atoms with Crippen molar-refractivity contribution in [3.05, 3.63) is 30.3 Å². The van der Waals surface area contributed by atoms with Gasteiger partial charge in [0.1, 0.15) is 0 Å². The lowest BCUT2D eigenvalue weighted by molar-refractivity contribution is -0.146. The maximum Gasteiger partial charge on any atom is 0.290 e. The minimum Gasteiger partial charge on any atom is -0.368 e. The van der Waals surface area contributed by atoms with Crippen molar-refractivity contribution in [2.45, 2.75) is 13.8 Å². The van der Waals surface area contributed by atoms with Gasteiger partial charge < -0.3 is 9.80 Å². The van der Waals surface area contributed by atoms with Gasteiger partial charge in [0.15, 0.2) is 0 Å². The molecule has 0 atom stereocenters. The van der Waals surface area contributed by atoms with E-state index >= 15 is 0 Å². The molecule has 1 aromatic rings. The van der Waals surface area contributed by atoms with Crippen LogP contribution in [0.2, 0.25) is 0 Å². The first-order chi connectivity index (χ1) is 9.09. The minimum absolute atomic E-state index is 0.223. The highest BCUT2D eigenvalue weighted by Crippen LogP contribution is 2.15. The molecule has 1 aliphatic rings. The summed E-state index contributed by atoms with van der Waals surface area (Å²) in [5, 5.41) is 0. The van der Waals surface area contributed by atoms with Gasteiger partial charge in [0.2, 0.25) is 5.78 Å². The summed E-state index contributed by atoms with van der Waals surface area (Å²) < 4.78 is 0. The number of piperazine rings is 1. The lowest BCUT2D eigenvalue weighted by atomic mass is 10.1. The van der Waals surface area contributed by atoms with Crippen molar-refractivity contribution in [1.82, 2.24) is 4.90 Å². The van der Waals surface area contributed by atoms with Gasteiger partial charge >= 0.3 is 0 Å². The second kappa shape index (κ2) is 5.87. The van der Waals surface area contributed by atoms with Crippen LogP contribution in [0.4, 0.5) is 5.69 Å². The summed E-state index contributed by atoms with van der Waals surface area (Å²) in [6.07, 6.45) is 0. The number of para-hydroxylation sites is 1. The van der Waals surface area contributed by atoms with Crippen molar-refractivity contribution in [1.29, 1.82) is 0 Å².